The zero-order valence-corrected chi connectivity index (χ0v) is 18.1. The van der Waals surface area contributed by atoms with Gasteiger partial charge in [0.25, 0.3) is 0 Å². The van der Waals surface area contributed by atoms with Gasteiger partial charge in [-0.1, -0.05) is 69.3 Å². The summed E-state index contributed by atoms with van der Waals surface area (Å²) in [5.41, 5.74) is 10.3. The molecular weight excluding hydrogens is 386 g/mol. The van der Waals surface area contributed by atoms with Gasteiger partial charge in [-0.15, -0.1) is 0 Å². The van der Waals surface area contributed by atoms with Crippen molar-refractivity contribution in [3.05, 3.63) is 82.9 Å². The van der Waals surface area contributed by atoms with Crippen molar-refractivity contribution in [2.45, 2.75) is 39.5 Å². The van der Waals surface area contributed by atoms with Crippen molar-refractivity contribution in [3.63, 3.8) is 0 Å². The molecule has 4 rings (SSSR count). The molecule has 0 saturated heterocycles. The van der Waals surface area contributed by atoms with Gasteiger partial charge in [-0.2, -0.15) is 0 Å². The highest BCUT2D eigenvalue weighted by Gasteiger charge is 2.37. The molecule has 4 heteroatoms. The summed E-state index contributed by atoms with van der Waals surface area (Å²) in [6.45, 7) is 6.12. The molecule has 0 bridgehead atoms. The molecule has 4 nitrogen and oxygen atoms in total. The predicted molar refractivity (Wildman–Crippen MR) is 125 cm³/mol. The standard InChI is InChI=1S/C27H27NO3/c1-16(18-9-6-7-11-20(18)26(30)31)24-21(14-27(2,3)15-23(24)29)25-19-10-5-4-8-17(19)12-13-22(25)28/h4-13,16H,14-15,28H2,1-3H3,(H,30,31)/t16-/m0/s1. The second-order valence-corrected chi connectivity index (χ2v) is 9.20. The van der Waals surface area contributed by atoms with E-state index in [9.17, 15) is 14.7 Å². The van der Waals surface area contributed by atoms with Crippen molar-refractivity contribution in [1.29, 1.82) is 0 Å². The summed E-state index contributed by atoms with van der Waals surface area (Å²) >= 11 is 0. The lowest BCUT2D eigenvalue weighted by atomic mass is 9.68. The van der Waals surface area contributed by atoms with Gasteiger partial charge >= 0.3 is 5.97 Å². The van der Waals surface area contributed by atoms with Crippen LogP contribution in [0.4, 0.5) is 5.69 Å². The van der Waals surface area contributed by atoms with Crippen LogP contribution in [0.25, 0.3) is 16.3 Å². The van der Waals surface area contributed by atoms with Crippen LogP contribution in [-0.4, -0.2) is 16.9 Å². The number of carboxylic acid groups (broad SMARTS) is 1. The molecule has 0 aliphatic heterocycles. The molecule has 31 heavy (non-hydrogen) atoms. The van der Waals surface area contributed by atoms with Crippen LogP contribution in [0.2, 0.25) is 0 Å². The normalized spacial score (nSPS) is 17.1. The molecule has 0 heterocycles. The summed E-state index contributed by atoms with van der Waals surface area (Å²) in [5, 5.41) is 11.8. The molecule has 0 aromatic heterocycles. The average Bonchev–Trinajstić information content (AvgIpc) is 2.72. The van der Waals surface area contributed by atoms with Crippen LogP contribution < -0.4 is 5.73 Å². The molecule has 0 fully saturated rings. The van der Waals surface area contributed by atoms with E-state index in [2.05, 4.69) is 13.8 Å². The number of anilines is 1. The fraction of sp³-hybridized carbons (Fsp3) is 0.259. The first-order valence-electron chi connectivity index (χ1n) is 10.6. The van der Waals surface area contributed by atoms with Crippen LogP contribution in [0.5, 0.6) is 0 Å². The Labute approximate surface area is 182 Å². The van der Waals surface area contributed by atoms with Crippen LogP contribution >= 0.6 is 0 Å². The number of Topliss-reactive ketones (excluding diaryl/α,β-unsaturated/α-hetero) is 1. The van der Waals surface area contributed by atoms with E-state index in [4.69, 9.17) is 5.73 Å². The first-order chi connectivity index (χ1) is 14.7. The van der Waals surface area contributed by atoms with Gasteiger partial charge in [0.15, 0.2) is 5.78 Å². The highest BCUT2D eigenvalue weighted by molar-refractivity contribution is 6.11. The lowest BCUT2D eigenvalue weighted by molar-refractivity contribution is -0.118. The Morgan fingerprint density at radius 1 is 1.00 bits per heavy atom. The minimum atomic E-state index is -0.988. The Morgan fingerprint density at radius 2 is 1.68 bits per heavy atom. The quantitative estimate of drug-likeness (QED) is 0.509. The zero-order chi connectivity index (χ0) is 22.3. The van der Waals surface area contributed by atoms with Crippen LogP contribution in [0.15, 0.2) is 66.2 Å². The highest BCUT2D eigenvalue weighted by Crippen LogP contribution is 2.48. The SMILES string of the molecule is C[C@H](C1=C(c2c(N)ccc3ccccc23)CC(C)(C)CC1=O)c1ccccc1C(=O)O. The van der Waals surface area contributed by atoms with E-state index in [0.717, 1.165) is 21.9 Å². The molecule has 0 unspecified atom stereocenters. The predicted octanol–water partition coefficient (Wildman–Crippen LogP) is 6.07. The molecule has 1 aliphatic carbocycles. The van der Waals surface area contributed by atoms with Gasteiger partial charge in [-0.25, -0.2) is 4.79 Å². The number of ketones is 1. The third-order valence-electron chi connectivity index (χ3n) is 6.27. The second kappa shape index (κ2) is 7.69. The van der Waals surface area contributed by atoms with Gasteiger partial charge in [-0.3, -0.25) is 4.79 Å². The van der Waals surface area contributed by atoms with Crippen LogP contribution in [0.3, 0.4) is 0 Å². The van der Waals surface area contributed by atoms with E-state index in [1.54, 1.807) is 18.2 Å². The minimum absolute atomic E-state index is 0.0614. The van der Waals surface area contributed by atoms with Crippen molar-refractivity contribution in [3.8, 4) is 0 Å². The van der Waals surface area contributed by atoms with Crippen molar-refractivity contribution < 1.29 is 14.7 Å². The number of carbonyl (C=O) groups excluding carboxylic acids is 1. The first-order valence-corrected chi connectivity index (χ1v) is 10.6. The number of aromatic carboxylic acids is 1. The molecule has 0 spiro atoms. The number of hydrogen-bond acceptors (Lipinski definition) is 3. The molecule has 0 amide bonds. The molecular formula is C27H27NO3. The molecule has 1 atom stereocenters. The summed E-state index contributed by atoms with van der Waals surface area (Å²) in [6.07, 6.45) is 1.13. The van der Waals surface area contributed by atoms with Crippen LogP contribution in [0.1, 0.15) is 61.0 Å². The van der Waals surface area contributed by atoms with E-state index in [0.29, 0.717) is 29.7 Å². The number of hydrogen-bond donors (Lipinski definition) is 2. The molecule has 3 aromatic rings. The van der Waals surface area contributed by atoms with Crippen LogP contribution in [-0.2, 0) is 4.79 Å². The van der Waals surface area contributed by atoms with Gasteiger partial charge in [0, 0.05) is 29.2 Å². The van der Waals surface area contributed by atoms with E-state index in [-0.39, 0.29) is 22.7 Å². The topological polar surface area (TPSA) is 80.4 Å². The maximum Gasteiger partial charge on any atom is 0.335 e. The Hall–Kier alpha value is -3.40. The maximum atomic E-state index is 13.5. The zero-order valence-electron chi connectivity index (χ0n) is 18.1. The highest BCUT2D eigenvalue weighted by atomic mass is 16.4. The number of allylic oxidation sites excluding steroid dienone is 2. The number of carbonyl (C=O) groups is 2. The van der Waals surface area contributed by atoms with Crippen molar-refractivity contribution in [2.24, 2.45) is 5.41 Å². The molecule has 3 N–H and O–H groups in total. The number of benzene rings is 3. The number of nitrogens with two attached hydrogens (primary N) is 1. The average molecular weight is 414 g/mol. The van der Waals surface area contributed by atoms with E-state index >= 15 is 0 Å². The fourth-order valence-electron chi connectivity index (χ4n) is 4.91. The molecule has 158 valence electrons. The second-order valence-electron chi connectivity index (χ2n) is 9.20. The smallest absolute Gasteiger partial charge is 0.335 e. The minimum Gasteiger partial charge on any atom is -0.478 e. The van der Waals surface area contributed by atoms with Crippen molar-refractivity contribution in [2.75, 3.05) is 5.73 Å². The lowest BCUT2D eigenvalue weighted by Gasteiger charge is -2.35. The Bertz CT molecular complexity index is 1240. The molecule has 0 radical (unpaired) electrons. The Balaban J connectivity index is 2.03. The van der Waals surface area contributed by atoms with Gasteiger partial charge in [0.2, 0.25) is 0 Å². The van der Waals surface area contributed by atoms with Gasteiger partial charge in [0.05, 0.1) is 5.56 Å². The van der Waals surface area contributed by atoms with Gasteiger partial charge in [-0.05, 0) is 45.9 Å². The third-order valence-corrected chi connectivity index (χ3v) is 6.27. The lowest BCUT2D eigenvalue weighted by Crippen LogP contribution is -2.28. The monoisotopic (exact) mass is 413 g/mol. The van der Waals surface area contributed by atoms with E-state index < -0.39 is 5.97 Å². The van der Waals surface area contributed by atoms with Crippen LogP contribution in [0, 0.1) is 5.41 Å². The summed E-state index contributed by atoms with van der Waals surface area (Å²) in [5.74, 6) is -1.28. The van der Waals surface area contributed by atoms with Gasteiger partial charge in [0.1, 0.15) is 0 Å². The van der Waals surface area contributed by atoms with Gasteiger partial charge < -0.3 is 10.8 Å². The van der Waals surface area contributed by atoms with E-state index in [1.807, 2.05) is 49.4 Å². The Morgan fingerprint density at radius 3 is 2.42 bits per heavy atom. The Kier molecular flexibility index (Phi) is 5.18. The molecule has 0 saturated carbocycles. The fourth-order valence-corrected chi connectivity index (χ4v) is 4.91. The maximum absolute atomic E-state index is 13.5. The largest absolute Gasteiger partial charge is 0.478 e. The molecule has 3 aromatic carbocycles. The van der Waals surface area contributed by atoms with E-state index in [1.165, 1.54) is 0 Å². The summed E-state index contributed by atoms with van der Waals surface area (Å²) in [4.78, 5) is 25.3. The molecule has 1 aliphatic rings. The summed E-state index contributed by atoms with van der Waals surface area (Å²) in [7, 11) is 0. The number of nitrogen functional groups attached to an aromatic ring is 1. The first kappa shape index (κ1) is 20.9. The number of fused-ring (bicyclic) bond motifs is 1. The van der Waals surface area contributed by atoms with Crippen molar-refractivity contribution >= 4 is 33.8 Å². The number of rotatable bonds is 4. The summed E-state index contributed by atoms with van der Waals surface area (Å²) < 4.78 is 0. The third kappa shape index (κ3) is 3.74. The summed E-state index contributed by atoms with van der Waals surface area (Å²) in [6, 6.07) is 18.9. The number of carboxylic acids is 1. The van der Waals surface area contributed by atoms with Crippen molar-refractivity contribution in [1.82, 2.24) is 0 Å².